The number of carbonyl (C=O) groups is 1. The van der Waals surface area contributed by atoms with Crippen LogP contribution in [0.3, 0.4) is 0 Å². The molecule has 0 spiro atoms. The third-order valence-electron chi connectivity index (χ3n) is 2.72. The Hall–Kier alpha value is -0.360. The summed E-state index contributed by atoms with van der Waals surface area (Å²) in [5, 5.41) is 0. The number of hydrogen-bond donors (Lipinski definition) is 0. The first-order chi connectivity index (χ1) is 9.06. The van der Waals surface area contributed by atoms with E-state index in [1.54, 1.807) is 18.2 Å². The van der Waals surface area contributed by atoms with Crippen molar-refractivity contribution in [2.24, 2.45) is 0 Å². The molecule has 0 unspecified atom stereocenters. The van der Waals surface area contributed by atoms with E-state index in [-0.39, 0.29) is 40.9 Å². The predicted molar refractivity (Wildman–Crippen MR) is 80.2 cm³/mol. The molecule has 0 saturated heterocycles. The monoisotopic (exact) mass is 308 g/mol. The molecule has 0 amide bonds. The number of benzene rings is 1. The molecule has 0 saturated carbocycles. The summed E-state index contributed by atoms with van der Waals surface area (Å²) < 4.78 is 28.0. The molecule has 0 atom stereocenters. The Balaban J connectivity index is 0.00000361. The van der Waals surface area contributed by atoms with Gasteiger partial charge < -0.3 is 4.18 Å². The molecule has 4 nitrogen and oxygen atoms in total. The molecule has 20 heavy (non-hydrogen) atoms. The second kappa shape index (κ2) is 10.4. The minimum atomic E-state index is -3.96. The Kier molecular flexibility index (Phi) is 10.2. The summed E-state index contributed by atoms with van der Waals surface area (Å²) in [7, 11) is -3.96. The van der Waals surface area contributed by atoms with Crippen LogP contribution in [0.5, 0.6) is 0 Å². The summed E-state index contributed by atoms with van der Waals surface area (Å²) in [4.78, 5) is 11.5. The van der Waals surface area contributed by atoms with Crippen LogP contribution < -0.4 is 0 Å². The molecule has 0 bridgehead atoms. The average molecular weight is 308 g/mol. The van der Waals surface area contributed by atoms with Gasteiger partial charge in [-0.1, -0.05) is 50.8 Å². The number of unbranched alkanes of at least 4 members (excludes halogenated alkanes) is 4. The van der Waals surface area contributed by atoms with Crippen LogP contribution in [-0.2, 0) is 19.1 Å². The van der Waals surface area contributed by atoms with Gasteiger partial charge in [-0.25, -0.2) is 0 Å². The van der Waals surface area contributed by atoms with Crippen molar-refractivity contribution in [2.75, 3.05) is 0 Å². The van der Waals surface area contributed by atoms with Gasteiger partial charge in [0.1, 0.15) is 4.90 Å². The van der Waals surface area contributed by atoms with Crippen LogP contribution in [0, 0.1) is 0 Å². The normalized spacial score (nSPS) is 10.7. The van der Waals surface area contributed by atoms with E-state index in [9.17, 15) is 13.2 Å². The van der Waals surface area contributed by atoms with Crippen molar-refractivity contribution >= 4 is 45.6 Å². The van der Waals surface area contributed by atoms with Gasteiger partial charge >= 0.3 is 45.6 Å². The second-order valence-electron chi connectivity index (χ2n) is 4.39. The van der Waals surface area contributed by atoms with Gasteiger partial charge in [-0.15, -0.1) is 0 Å². The van der Waals surface area contributed by atoms with Gasteiger partial charge in [0, 0.05) is 6.42 Å². The second-order valence-corrected chi connectivity index (χ2v) is 5.93. The Labute approximate surface area is 143 Å². The first-order valence-electron chi connectivity index (χ1n) is 6.58. The molecule has 0 N–H and O–H groups in total. The summed E-state index contributed by atoms with van der Waals surface area (Å²) in [6.45, 7) is 2.11. The molecule has 0 fully saturated rings. The molecule has 0 aliphatic carbocycles. The van der Waals surface area contributed by atoms with Crippen molar-refractivity contribution in [3.8, 4) is 0 Å². The van der Waals surface area contributed by atoms with Gasteiger partial charge in [0.2, 0.25) is 0 Å². The first kappa shape index (κ1) is 19.6. The molecule has 6 heteroatoms. The fourth-order valence-electron chi connectivity index (χ4n) is 1.67. The van der Waals surface area contributed by atoms with E-state index in [0.29, 0.717) is 6.42 Å². The molecule has 1 aromatic carbocycles. The van der Waals surface area contributed by atoms with Crippen LogP contribution in [-0.4, -0.2) is 43.9 Å². The third-order valence-corrected chi connectivity index (χ3v) is 3.97. The summed E-state index contributed by atoms with van der Waals surface area (Å²) in [5.41, 5.74) is 0. The molecule has 0 aliphatic rings. The molecule has 1 rings (SSSR count). The Morgan fingerprint density at radius 2 is 1.65 bits per heavy atom. The number of carbonyl (C=O) groups excluding carboxylic acids is 1. The molecule has 1 aromatic rings. The maximum absolute atomic E-state index is 11.7. The van der Waals surface area contributed by atoms with E-state index in [2.05, 4.69) is 11.1 Å². The summed E-state index contributed by atoms with van der Waals surface area (Å²) in [6, 6.07) is 7.69. The molecule has 0 aromatic heterocycles. The number of rotatable bonds is 8. The fourth-order valence-corrected chi connectivity index (χ4v) is 2.59. The third kappa shape index (κ3) is 7.43. The van der Waals surface area contributed by atoms with Crippen LogP contribution in [0.2, 0.25) is 0 Å². The molecule has 0 radical (unpaired) electrons. The van der Waals surface area contributed by atoms with Crippen LogP contribution in [0.1, 0.15) is 45.4 Å². The van der Waals surface area contributed by atoms with E-state index in [4.69, 9.17) is 0 Å². The van der Waals surface area contributed by atoms with Gasteiger partial charge in [0.05, 0.1) is 0 Å². The standard InChI is InChI=1S/C14H20O4S.Na.H/c1-2-3-4-5-9-12-14(15)18-19(16,17)13-10-7-6-8-11-13;;/h6-8,10-11H,2-5,9,12H2,1H3;;. The van der Waals surface area contributed by atoms with Gasteiger partial charge in [-0.2, -0.15) is 8.42 Å². The van der Waals surface area contributed by atoms with Crippen LogP contribution in [0.15, 0.2) is 35.2 Å². The zero-order chi connectivity index (χ0) is 14.1. The molecule has 108 valence electrons. The van der Waals surface area contributed by atoms with Gasteiger partial charge in [-0.3, -0.25) is 4.79 Å². The average Bonchev–Trinajstić information content (AvgIpc) is 2.39. The van der Waals surface area contributed by atoms with E-state index < -0.39 is 16.1 Å². The zero-order valence-electron chi connectivity index (χ0n) is 11.2. The van der Waals surface area contributed by atoms with Crippen LogP contribution >= 0.6 is 0 Å². The summed E-state index contributed by atoms with van der Waals surface area (Å²) >= 11 is 0. The summed E-state index contributed by atoms with van der Waals surface area (Å²) in [5.74, 6) is -0.680. The fraction of sp³-hybridized carbons (Fsp3) is 0.500. The Morgan fingerprint density at radius 1 is 1.05 bits per heavy atom. The van der Waals surface area contributed by atoms with Crippen LogP contribution in [0.4, 0.5) is 0 Å². The van der Waals surface area contributed by atoms with Crippen molar-refractivity contribution in [2.45, 2.75) is 50.3 Å². The first-order valence-corrected chi connectivity index (χ1v) is 7.99. The van der Waals surface area contributed by atoms with Crippen LogP contribution in [0.25, 0.3) is 0 Å². The molecular formula is C14H21NaO4S. The maximum atomic E-state index is 11.7. The predicted octanol–water partition coefficient (Wildman–Crippen LogP) is 2.63. The van der Waals surface area contributed by atoms with Crippen molar-refractivity contribution in [1.29, 1.82) is 0 Å². The Morgan fingerprint density at radius 3 is 2.25 bits per heavy atom. The molecular weight excluding hydrogens is 287 g/mol. The summed E-state index contributed by atoms with van der Waals surface area (Å²) in [6.07, 6.45) is 5.08. The van der Waals surface area contributed by atoms with Crippen molar-refractivity contribution in [1.82, 2.24) is 0 Å². The Bertz CT molecular complexity index is 485. The quantitative estimate of drug-likeness (QED) is 0.421. The van der Waals surface area contributed by atoms with E-state index in [1.165, 1.54) is 12.1 Å². The minimum absolute atomic E-state index is 0. The van der Waals surface area contributed by atoms with Crippen molar-refractivity contribution < 1.29 is 17.4 Å². The van der Waals surface area contributed by atoms with Gasteiger partial charge in [-0.05, 0) is 18.6 Å². The van der Waals surface area contributed by atoms with E-state index in [1.807, 2.05) is 0 Å². The van der Waals surface area contributed by atoms with Crippen molar-refractivity contribution in [3.63, 3.8) is 0 Å². The van der Waals surface area contributed by atoms with E-state index >= 15 is 0 Å². The van der Waals surface area contributed by atoms with Crippen molar-refractivity contribution in [3.05, 3.63) is 30.3 Å². The van der Waals surface area contributed by atoms with Gasteiger partial charge in [0.25, 0.3) is 0 Å². The SMILES string of the molecule is CCCCCCCC(=O)OS(=O)(=O)c1ccccc1.[NaH]. The van der Waals surface area contributed by atoms with E-state index in [0.717, 1.165) is 25.7 Å². The molecule has 0 heterocycles. The zero-order valence-corrected chi connectivity index (χ0v) is 12.0. The topological polar surface area (TPSA) is 60.4 Å². The number of hydrogen-bond acceptors (Lipinski definition) is 4. The van der Waals surface area contributed by atoms with Gasteiger partial charge in [0.15, 0.2) is 0 Å². The molecule has 0 aliphatic heterocycles.